The Morgan fingerprint density at radius 2 is 2.25 bits per heavy atom. The van der Waals surface area contributed by atoms with Crippen LogP contribution in [0.5, 0.6) is 0 Å². The van der Waals surface area contributed by atoms with Crippen molar-refractivity contribution in [2.45, 2.75) is 20.4 Å². The molecular formula is C12H14N2O2. The number of hydrogen-bond acceptors (Lipinski definition) is 3. The van der Waals surface area contributed by atoms with Crippen molar-refractivity contribution in [3.63, 3.8) is 0 Å². The van der Waals surface area contributed by atoms with Crippen LogP contribution in [0.2, 0.25) is 0 Å². The maximum absolute atomic E-state index is 11.7. The van der Waals surface area contributed by atoms with E-state index in [9.17, 15) is 4.79 Å². The van der Waals surface area contributed by atoms with Crippen molar-refractivity contribution in [2.24, 2.45) is 0 Å². The first-order chi connectivity index (χ1) is 7.76. The monoisotopic (exact) mass is 218 g/mol. The Morgan fingerprint density at radius 3 is 2.94 bits per heavy atom. The summed E-state index contributed by atoms with van der Waals surface area (Å²) < 4.78 is 6.80. The minimum absolute atomic E-state index is 0.311. The summed E-state index contributed by atoms with van der Waals surface area (Å²) in [6.45, 7) is 4.97. The van der Waals surface area contributed by atoms with E-state index in [-0.39, 0.29) is 5.97 Å². The van der Waals surface area contributed by atoms with Crippen LogP contribution in [0.1, 0.15) is 24.2 Å². The molecule has 0 unspecified atom stereocenters. The number of rotatable bonds is 3. The number of hydrogen-bond donors (Lipinski definition) is 0. The largest absolute Gasteiger partial charge is 0.462 e. The summed E-state index contributed by atoms with van der Waals surface area (Å²) in [5, 5.41) is 5.32. The first-order valence-corrected chi connectivity index (χ1v) is 5.39. The van der Waals surface area contributed by atoms with Crippen LogP contribution in [0.25, 0.3) is 10.9 Å². The molecule has 16 heavy (non-hydrogen) atoms. The molecule has 0 amide bonds. The van der Waals surface area contributed by atoms with Crippen molar-refractivity contribution in [3.8, 4) is 0 Å². The summed E-state index contributed by atoms with van der Waals surface area (Å²) in [6.07, 6.45) is 1.93. The van der Waals surface area contributed by atoms with Crippen molar-refractivity contribution in [1.29, 1.82) is 0 Å². The fraction of sp³-hybridized carbons (Fsp3) is 0.333. The Hall–Kier alpha value is -1.84. The van der Waals surface area contributed by atoms with Crippen LogP contribution in [-0.2, 0) is 11.3 Å². The average molecular weight is 218 g/mol. The molecule has 4 heteroatoms. The SMILES string of the molecule is CCOC(=O)c1cccc2cn(CC)nc12. The number of benzene rings is 1. The molecule has 0 spiro atoms. The molecule has 0 aliphatic carbocycles. The van der Waals surface area contributed by atoms with Gasteiger partial charge in [-0.25, -0.2) is 4.79 Å². The van der Waals surface area contributed by atoms with Gasteiger partial charge in [0, 0.05) is 18.1 Å². The summed E-state index contributed by atoms with van der Waals surface area (Å²) in [5.41, 5.74) is 1.24. The van der Waals surface area contributed by atoms with Crippen LogP contribution in [0.3, 0.4) is 0 Å². The Morgan fingerprint density at radius 1 is 1.44 bits per heavy atom. The second-order valence-electron chi connectivity index (χ2n) is 3.45. The molecule has 2 rings (SSSR count). The number of ether oxygens (including phenoxy) is 1. The van der Waals surface area contributed by atoms with Crippen LogP contribution < -0.4 is 0 Å². The quantitative estimate of drug-likeness (QED) is 0.742. The van der Waals surface area contributed by atoms with Gasteiger partial charge in [-0.2, -0.15) is 5.10 Å². The molecule has 0 aliphatic rings. The van der Waals surface area contributed by atoms with Gasteiger partial charge in [-0.3, -0.25) is 4.68 Å². The molecule has 84 valence electrons. The minimum atomic E-state index is -0.311. The summed E-state index contributed by atoms with van der Waals surface area (Å²) in [4.78, 5) is 11.7. The molecule has 0 N–H and O–H groups in total. The predicted octanol–water partition coefficient (Wildman–Crippen LogP) is 2.23. The molecule has 0 saturated carbocycles. The fourth-order valence-electron chi connectivity index (χ4n) is 1.63. The van der Waals surface area contributed by atoms with Crippen molar-refractivity contribution in [3.05, 3.63) is 30.0 Å². The summed E-state index contributed by atoms with van der Waals surface area (Å²) in [5.74, 6) is -0.311. The molecule has 1 aromatic heterocycles. The maximum atomic E-state index is 11.7. The Kier molecular flexibility index (Phi) is 2.90. The third kappa shape index (κ3) is 1.78. The Bertz CT molecular complexity index is 517. The molecule has 0 aliphatic heterocycles. The molecule has 4 nitrogen and oxygen atoms in total. The lowest BCUT2D eigenvalue weighted by atomic mass is 10.1. The van der Waals surface area contributed by atoms with Crippen molar-refractivity contribution < 1.29 is 9.53 Å². The fourth-order valence-corrected chi connectivity index (χ4v) is 1.63. The first-order valence-electron chi connectivity index (χ1n) is 5.39. The van der Waals surface area contributed by atoms with Gasteiger partial charge in [0.15, 0.2) is 0 Å². The molecule has 0 atom stereocenters. The van der Waals surface area contributed by atoms with Gasteiger partial charge in [-0.05, 0) is 19.9 Å². The number of esters is 1. The van der Waals surface area contributed by atoms with Crippen LogP contribution in [-0.4, -0.2) is 22.4 Å². The molecule has 0 radical (unpaired) electrons. The number of fused-ring (bicyclic) bond motifs is 1. The van der Waals surface area contributed by atoms with Gasteiger partial charge < -0.3 is 4.74 Å². The maximum Gasteiger partial charge on any atom is 0.340 e. The highest BCUT2D eigenvalue weighted by atomic mass is 16.5. The second-order valence-corrected chi connectivity index (χ2v) is 3.45. The Labute approximate surface area is 93.8 Å². The van der Waals surface area contributed by atoms with Gasteiger partial charge in [-0.1, -0.05) is 12.1 Å². The van der Waals surface area contributed by atoms with Gasteiger partial charge in [0.25, 0.3) is 0 Å². The van der Waals surface area contributed by atoms with Crippen LogP contribution >= 0.6 is 0 Å². The zero-order chi connectivity index (χ0) is 11.5. The van der Waals surface area contributed by atoms with E-state index in [2.05, 4.69) is 5.10 Å². The van der Waals surface area contributed by atoms with Gasteiger partial charge in [-0.15, -0.1) is 0 Å². The van der Waals surface area contributed by atoms with E-state index in [1.807, 2.05) is 29.9 Å². The van der Waals surface area contributed by atoms with E-state index in [0.717, 1.165) is 11.9 Å². The van der Waals surface area contributed by atoms with Gasteiger partial charge >= 0.3 is 5.97 Å². The minimum Gasteiger partial charge on any atom is -0.462 e. The molecule has 1 aromatic carbocycles. The third-order valence-electron chi connectivity index (χ3n) is 2.40. The summed E-state index contributed by atoms with van der Waals surface area (Å²) in [7, 11) is 0. The smallest absolute Gasteiger partial charge is 0.340 e. The third-order valence-corrected chi connectivity index (χ3v) is 2.40. The van der Waals surface area contributed by atoms with Gasteiger partial charge in [0.2, 0.25) is 0 Å². The zero-order valence-electron chi connectivity index (χ0n) is 9.43. The van der Waals surface area contributed by atoms with Crippen LogP contribution in [0.4, 0.5) is 0 Å². The topological polar surface area (TPSA) is 44.1 Å². The second kappa shape index (κ2) is 4.35. The van der Waals surface area contributed by atoms with Crippen LogP contribution in [0.15, 0.2) is 24.4 Å². The molecule has 1 heterocycles. The number of carbonyl (C=O) groups excluding carboxylic acids is 1. The molecule has 0 saturated heterocycles. The highest BCUT2D eigenvalue weighted by molar-refractivity contribution is 6.02. The summed E-state index contributed by atoms with van der Waals surface area (Å²) in [6, 6.07) is 5.53. The lowest BCUT2D eigenvalue weighted by molar-refractivity contribution is 0.0528. The van der Waals surface area contributed by atoms with E-state index < -0.39 is 0 Å². The van der Waals surface area contributed by atoms with Crippen LogP contribution in [0, 0.1) is 0 Å². The predicted molar refractivity (Wildman–Crippen MR) is 61.4 cm³/mol. The number of aryl methyl sites for hydroxylation is 1. The standard InChI is InChI=1S/C12H14N2O2/c1-3-14-8-9-6-5-7-10(11(9)13-14)12(15)16-4-2/h5-8H,3-4H2,1-2H3. The van der Waals surface area contributed by atoms with E-state index in [1.165, 1.54) is 0 Å². The number of aromatic nitrogens is 2. The molecular weight excluding hydrogens is 204 g/mol. The Balaban J connectivity index is 2.52. The highest BCUT2D eigenvalue weighted by Gasteiger charge is 2.13. The van der Waals surface area contributed by atoms with Crippen molar-refractivity contribution in [2.75, 3.05) is 6.61 Å². The summed E-state index contributed by atoms with van der Waals surface area (Å²) >= 11 is 0. The normalized spacial score (nSPS) is 10.6. The number of nitrogens with zero attached hydrogens (tertiary/aromatic N) is 2. The van der Waals surface area contributed by atoms with E-state index >= 15 is 0 Å². The van der Waals surface area contributed by atoms with Crippen molar-refractivity contribution in [1.82, 2.24) is 9.78 Å². The lowest BCUT2D eigenvalue weighted by Crippen LogP contribution is -2.05. The van der Waals surface area contributed by atoms with Crippen molar-refractivity contribution >= 4 is 16.9 Å². The van der Waals surface area contributed by atoms with E-state index in [0.29, 0.717) is 17.7 Å². The lowest BCUT2D eigenvalue weighted by Gasteiger charge is -2.01. The molecule has 2 aromatic rings. The average Bonchev–Trinajstić information content (AvgIpc) is 2.71. The van der Waals surface area contributed by atoms with E-state index in [1.54, 1.807) is 13.0 Å². The molecule has 0 bridgehead atoms. The first kappa shape index (κ1) is 10.7. The zero-order valence-corrected chi connectivity index (χ0v) is 9.43. The molecule has 0 fully saturated rings. The number of carbonyl (C=O) groups is 1. The van der Waals surface area contributed by atoms with Gasteiger partial charge in [0.05, 0.1) is 12.2 Å². The van der Waals surface area contributed by atoms with E-state index in [4.69, 9.17) is 4.74 Å². The van der Waals surface area contributed by atoms with Gasteiger partial charge in [0.1, 0.15) is 5.52 Å². The highest BCUT2D eigenvalue weighted by Crippen LogP contribution is 2.17.